The van der Waals surface area contributed by atoms with Crippen molar-refractivity contribution in [3.05, 3.63) is 28.8 Å². The van der Waals surface area contributed by atoms with Gasteiger partial charge in [0.25, 0.3) is 0 Å². The number of thioether (sulfide) groups is 1. The maximum Gasteiger partial charge on any atom is 0.446 e. The SMILES string of the molecule is CC(C)(C)C#Cc1ccc(Cl)cc1SC(F)(F)F. The first-order valence-electron chi connectivity index (χ1n) is 5.15. The van der Waals surface area contributed by atoms with Crippen molar-refractivity contribution in [1.29, 1.82) is 0 Å². The lowest BCUT2D eigenvalue weighted by Gasteiger charge is -2.10. The van der Waals surface area contributed by atoms with E-state index in [-0.39, 0.29) is 27.1 Å². The van der Waals surface area contributed by atoms with E-state index in [1.165, 1.54) is 18.2 Å². The highest BCUT2D eigenvalue weighted by Crippen LogP contribution is 2.39. The standard InChI is InChI=1S/C13H12ClF3S/c1-12(2,3)7-6-9-4-5-10(14)8-11(9)18-13(15,16)17/h4-5,8H,1-3H3. The number of hydrogen-bond donors (Lipinski definition) is 0. The maximum absolute atomic E-state index is 12.4. The van der Waals surface area contributed by atoms with Crippen LogP contribution in [0.4, 0.5) is 13.2 Å². The van der Waals surface area contributed by atoms with Crippen LogP contribution in [0.5, 0.6) is 0 Å². The van der Waals surface area contributed by atoms with Gasteiger partial charge in [0.05, 0.1) is 0 Å². The van der Waals surface area contributed by atoms with E-state index in [0.717, 1.165) is 0 Å². The van der Waals surface area contributed by atoms with Gasteiger partial charge in [-0.3, -0.25) is 0 Å². The Labute approximate surface area is 114 Å². The van der Waals surface area contributed by atoms with Crippen molar-refractivity contribution < 1.29 is 13.2 Å². The molecule has 98 valence electrons. The Kier molecular flexibility index (Phi) is 4.63. The Morgan fingerprint density at radius 2 is 1.78 bits per heavy atom. The Hall–Kier alpha value is -0.790. The summed E-state index contributed by atoms with van der Waals surface area (Å²) in [6.07, 6.45) is 0. The smallest absolute Gasteiger partial charge is 0.160 e. The molecule has 0 fully saturated rings. The van der Waals surface area contributed by atoms with E-state index in [2.05, 4.69) is 11.8 Å². The number of hydrogen-bond acceptors (Lipinski definition) is 1. The third-order valence-electron chi connectivity index (χ3n) is 1.74. The Bertz CT molecular complexity index is 490. The van der Waals surface area contributed by atoms with Crippen LogP contribution in [0.15, 0.2) is 23.1 Å². The molecule has 0 amide bonds. The average Bonchev–Trinajstić information content (AvgIpc) is 2.12. The molecule has 1 aromatic carbocycles. The van der Waals surface area contributed by atoms with Crippen LogP contribution in [-0.4, -0.2) is 5.51 Å². The molecule has 0 aliphatic rings. The van der Waals surface area contributed by atoms with E-state index < -0.39 is 5.51 Å². The molecule has 0 nitrogen and oxygen atoms in total. The van der Waals surface area contributed by atoms with Gasteiger partial charge in [0, 0.05) is 20.9 Å². The van der Waals surface area contributed by atoms with E-state index in [0.29, 0.717) is 5.56 Å². The number of rotatable bonds is 1. The number of benzene rings is 1. The molecule has 0 N–H and O–H groups in total. The summed E-state index contributed by atoms with van der Waals surface area (Å²) in [5.74, 6) is 5.68. The van der Waals surface area contributed by atoms with Crippen molar-refractivity contribution in [2.24, 2.45) is 5.41 Å². The van der Waals surface area contributed by atoms with Gasteiger partial charge in [-0.05, 0) is 50.7 Å². The summed E-state index contributed by atoms with van der Waals surface area (Å²) < 4.78 is 37.2. The van der Waals surface area contributed by atoms with Crippen molar-refractivity contribution in [2.45, 2.75) is 31.2 Å². The second-order valence-electron chi connectivity index (χ2n) is 4.69. The Balaban J connectivity index is 3.15. The van der Waals surface area contributed by atoms with E-state index in [1.807, 2.05) is 20.8 Å². The molecule has 0 saturated carbocycles. The molecule has 0 radical (unpaired) electrons. The molecule has 1 rings (SSSR count). The summed E-state index contributed by atoms with van der Waals surface area (Å²) in [7, 11) is 0. The molecule has 0 unspecified atom stereocenters. The van der Waals surface area contributed by atoms with Crippen molar-refractivity contribution >= 4 is 23.4 Å². The molecule has 0 atom stereocenters. The number of halogens is 4. The normalized spacial score (nSPS) is 11.9. The van der Waals surface area contributed by atoms with Crippen molar-refractivity contribution in [3.8, 4) is 11.8 Å². The van der Waals surface area contributed by atoms with E-state index >= 15 is 0 Å². The summed E-state index contributed by atoms with van der Waals surface area (Å²) in [4.78, 5) is 0.0340. The van der Waals surface area contributed by atoms with Crippen LogP contribution in [0.1, 0.15) is 26.3 Å². The van der Waals surface area contributed by atoms with Crippen molar-refractivity contribution in [1.82, 2.24) is 0 Å². The Morgan fingerprint density at radius 3 is 2.28 bits per heavy atom. The summed E-state index contributed by atoms with van der Waals surface area (Å²) in [5.41, 5.74) is -4.26. The van der Waals surface area contributed by atoms with E-state index in [1.54, 1.807) is 0 Å². The van der Waals surface area contributed by atoms with Crippen LogP contribution in [0.2, 0.25) is 5.02 Å². The fourth-order valence-corrected chi connectivity index (χ4v) is 1.96. The highest BCUT2D eigenvalue weighted by molar-refractivity contribution is 8.00. The van der Waals surface area contributed by atoms with Crippen LogP contribution in [0.25, 0.3) is 0 Å². The lowest BCUT2D eigenvalue weighted by molar-refractivity contribution is -0.0328. The third kappa shape index (κ3) is 5.70. The first-order chi connectivity index (χ1) is 8.07. The quantitative estimate of drug-likeness (QED) is 0.497. The minimum absolute atomic E-state index is 0.0340. The molecule has 0 spiro atoms. The molecule has 5 heteroatoms. The van der Waals surface area contributed by atoms with Gasteiger partial charge in [-0.15, -0.1) is 0 Å². The summed E-state index contributed by atoms with van der Waals surface area (Å²) in [6, 6.07) is 4.33. The largest absolute Gasteiger partial charge is 0.446 e. The molecule has 0 bridgehead atoms. The predicted octanol–water partition coefficient (Wildman–Crippen LogP) is 5.35. The molecular formula is C13H12ClF3S. The van der Waals surface area contributed by atoms with Gasteiger partial charge in [-0.25, -0.2) is 0 Å². The zero-order valence-corrected chi connectivity index (χ0v) is 11.7. The van der Waals surface area contributed by atoms with Gasteiger partial charge >= 0.3 is 5.51 Å². The number of alkyl halides is 3. The first-order valence-corrected chi connectivity index (χ1v) is 6.35. The van der Waals surface area contributed by atoms with Crippen LogP contribution in [-0.2, 0) is 0 Å². The molecule has 0 aliphatic carbocycles. The monoisotopic (exact) mass is 292 g/mol. The molecule has 1 aromatic rings. The summed E-state index contributed by atoms with van der Waals surface area (Å²) >= 11 is 5.51. The summed E-state index contributed by atoms with van der Waals surface area (Å²) in [6.45, 7) is 5.69. The third-order valence-corrected chi connectivity index (χ3v) is 2.77. The van der Waals surface area contributed by atoms with Gasteiger partial charge in [-0.1, -0.05) is 23.4 Å². The highest BCUT2D eigenvalue weighted by atomic mass is 35.5. The van der Waals surface area contributed by atoms with E-state index in [4.69, 9.17) is 11.6 Å². The van der Waals surface area contributed by atoms with Gasteiger partial charge < -0.3 is 0 Å². The van der Waals surface area contributed by atoms with E-state index in [9.17, 15) is 13.2 Å². The highest BCUT2D eigenvalue weighted by Gasteiger charge is 2.30. The second-order valence-corrected chi connectivity index (χ2v) is 6.23. The average molecular weight is 293 g/mol. The maximum atomic E-state index is 12.4. The second kappa shape index (κ2) is 5.46. The van der Waals surface area contributed by atoms with Crippen molar-refractivity contribution in [2.75, 3.05) is 0 Å². The predicted molar refractivity (Wildman–Crippen MR) is 69.7 cm³/mol. The minimum Gasteiger partial charge on any atom is -0.160 e. The van der Waals surface area contributed by atoms with Gasteiger partial charge in [0.2, 0.25) is 0 Å². The Morgan fingerprint density at radius 1 is 1.17 bits per heavy atom. The zero-order valence-electron chi connectivity index (χ0n) is 10.2. The topological polar surface area (TPSA) is 0 Å². The van der Waals surface area contributed by atoms with Crippen LogP contribution >= 0.6 is 23.4 Å². The van der Waals surface area contributed by atoms with Crippen LogP contribution in [0.3, 0.4) is 0 Å². The van der Waals surface area contributed by atoms with Gasteiger partial charge in [0.15, 0.2) is 0 Å². The lowest BCUT2D eigenvalue weighted by Crippen LogP contribution is -2.01. The zero-order chi connectivity index (χ0) is 14.0. The van der Waals surface area contributed by atoms with Gasteiger partial charge in [-0.2, -0.15) is 13.2 Å². The molecular weight excluding hydrogens is 281 g/mol. The molecule has 18 heavy (non-hydrogen) atoms. The lowest BCUT2D eigenvalue weighted by atomic mass is 9.97. The summed E-state index contributed by atoms with van der Waals surface area (Å²) in [5, 5.41) is 0.267. The minimum atomic E-state index is -4.34. The molecule has 0 aromatic heterocycles. The van der Waals surface area contributed by atoms with Crippen LogP contribution in [0, 0.1) is 17.3 Å². The molecule has 0 saturated heterocycles. The van der Waals surface area contributed by atoms with Crippen LogP contribution < -0.4 is 0 Å². The van der Waals surface area contributed by atoms with Gasteiger partial charge in [0.1, 0.15) is 0 Å². The first kappa shape index (κ1) is 15.3. The molecule has 0 aliphatic heterocycles. The van der Waals surface area contributed by atoms with Crippen molar-refractivity contribution in [3.63, 3.8) is 0 Å². The fraction of sp³-hybridized carbons (Fsp3) is 0.385. The molecule has 0 heterocycles. The fourth-order valence-electron chi connectivity index (χ4n) is 1.06.